The quantitative estimate of drug-likeness (QED) is 0.313. The number of ether oxygens (including phenoxy) is 1. The number of guanidine groups is 1. The zero-order valence-electron chi connectivity index (χ0n) is 16.0. The number of hydrogen-bond acceptors (Lipinski definition) is 4. The maximum absolute atomic E-state index is 11.9. The minimum Gasteiger partial charge on any atom is -0.385 e. The number of rotatable bonds is 11. The Balaban J connectivity index is 1.69. The van der Waals surface area contributed by atoms with Crippen LogP contribution in [-0.4, -0.2) is 51.8 Å². The molecular formula is C19H32N4O2S. The fourth-order valence-electron chi connectivity index (χ4n) is 3.06. The standard InChI is InChI=1S/C19H32N4O2S/c1-3-20-18(23-15-19(8-5-9-19)10-13-25-2)22-12-6-11-21-17(24)16-7-4-14-26-16/h4,7,14H,3,5-6,8-13,15H2,1-2H3,(H,21,24)(H2,20,22,23). The number of amides is 1. The van der Waals surface area contributed by atoms with Crippen molar-refractivity contribution in [1.82, 2.24) is 16.0 Å². The number of thiophene rings is 1. The lowest BCUT2D eigenvalue weighted by atomic mass is 9.67. The first kappa shape index (κ1) is 20.7. The summed E-state index contributed by atoms with van der Waals surface area (Å²) in [5.74, 6) is 0.867. The molecule has 3 N–H and O–H groups in total. The Labute approximate surface area is 160 Å². The Morgan fingerprint density at radius 1 is 1.31 bits per heavy atom. The van der Waals surface area contributed by atoms with E-state index in [-0.39, 0.29) is 5.91 Å². The largest absolute Gasteiger partial charge is 0.385 e. The van der Waals surface area contributed by atoms with Crippen LogP contribution < -0.4 is 16.0 Å². The first-order chi connectivity index (χ1) is 12.7. The van der Waals surface area contributed by atoms with Crippen molar-refractivity contribution in [2.45, 2.75) is 39.0 Å². The third-order valence-corrected chi connectivity index (χ3v) is 5.71. The average molecular weight is 381 g/mol. The van der Waals surface area contributed by atoms with Gasteiger partial charge in [0.05, 0.1) is 4.88 Å². The molecule has 0 unspecified atom stereocenters. The molecule has 0 atom stereocenters. The van der Waals surface area contributed by atoms with Crippen molar-refractivity contribution in [2.75, 3.05) is 39.9 Å². The summed E-state index contributed by atoms with van der Waals surface area (Å²) in [7, 11) is 1.76. The number of carbonyl (C=O) groups excluding carboxylic acids is 1. The lowest BCUT2D eigenvalue weighted by molar-refractivity contribution is 0.0778. The highest BCUT2D eigenvalue weighted by molar-refractivity contribution is 7.12. The molecule has 1 amide bonds. The molecule has 1 aromatic heterocycles. The highest BCUT2D eigenvalue weighted by Crippen LogP contribution is 2.44. The van der Waals surface area contributed by atoms with E-state index in [0.29, 0.717) is 12.0 Å². The van der Waals surface area contributed by atoms with Crippen LogP contribution in [0.5, 0.6) is 0 Å². The van der Waals surface area contributed by atoms with E-state index in [1.54, 1.807) is 7.11 Å². The van der Waals surface area contributed by atoms with Crippen molar-refractivity contribution in [3.8, 4) is 0 Å². The fraction of sp³-hybridized carbons (Fsp3) is 0.684. The first-order valence-electron chi connectivity index (χ1n) is 9.52. The first-order valence-corrected chi connectivity index (χ1v) is 10.4. The molecule has 0 radical (unpaired) electrons. The molecular weight excluding hydrogens is 348 g/mol. The van der Waals surface area contributed by atoms with Crippen LogP contribution in [0.2, 0.25) is 0 Å². The van der Waals surface area contributed by atoms with Crippen LogP contribution in [0.25, 0.3) is 0 Å². The van der Waals surface area contributed by atoms with Crippen LogP contribution >= 0.6 is 11.3 Å². The molecule has 1 fully saturated rings. The van der Waals surface area contributed by atoms with Gasteiger partial charge < -0.3 is 20.7 Å². The maximum Gasteiger partial charge on any atom is 0.261 e. The highest BCUT2D eigenvalue weighted by atomic mass is 32.1. The average Bonchev–Trinajstić information content (AvgIpc) is 3.14. The molecule has 0 saturated heterocycles. The second-order valence-electron chi connectivity index (χ2n) is 6.81. The molecule has 1 heterocycles. The van der Waals surface area contributed by atoms with Gasteiger partial charge in [-0.15, -0.1) is 11.3 Å². The van der Waals surface area contributed by atoms with E-state index in [2.05, 4.69) is 22.9 Å². The van der Waals surface area contributed by atoms with E-state index in [1.807, 2.05) is 17.5 Å². The van der Waals surface area contributed by atoms with Crippen LogP contribution in [0.15, 0.2) is 22.5 Å². The molecule has 146 valence electrons. The second-order valence-corrected chi connectivity index (χ2v) is 7.75. The van der Waals surface area contributed by atoms with Gasteiger partial charge in [0.1, 0.15) is 0 Å². The van der Waals surface area contributed by atoms with Crippen LogP contribution in [0, 0.1) is 5.41 Å². The van der Waals surface area contributed by atoms with Crippen molar-refractivity contribution in [3.05, 3.63) is 22.4 Å². The molecule has 1 aromatic rings. The number of aliphatic imine (C=N–C) groups is 1. The van der Waals surface area contributed by atoms with Gasteiger partial charge in [0.2, 0.25) is 0 Å². The number of hydrogen-bond donors (Lipinski definition) is 3. The topological polar surface area (TPSA) is 74.8 Å². The molecule has 1 aliphatic carbocycles. The van der Waals surface area contributed by atoms with Crippen LogP contribution in [0.1, 0.15) is 48.7 Å². The van der Waals surface area contributed by atoms with Crippen LogP contribution in [0.4, 0.5) is 0 Å². The molecule has 26 heavy (non-hydrogen) atoms. The number of carbonyl (C=O) groups is 1. The Bertz CT molecular complexity index is 556. The maximum atomic E-state index is 11.9. The van der Waals surface area contributed by atoms with E-state index < -0.39 is 0 Å². The summed E-state index contributed by atoms with van der Waals surface area (Å²) in [6.45, 7) is 6.00. The van der Waals surface area contributed by atoms with Gasteiger partial charge in [-0.05, 0) is 49.5 Å². The lowest BCUT2D eigenvalue weighted by Gasteiger charge is -2.40. The molecule has 2 rings (SSSR count). The van der Waals surface area contributed by atoms with Crippen molar-refractivity contribution in [3.63, 3.8) is 0 Å². The minimum atomic E-state index is 0.00522. The van der Waals surface area contributed by atoms with E-state index >= 15 is 0 Å². The number of nitrogens with one attached hydrogen (secondary N) is 3. The molecule has 0 aliphatic heterocycles. The Hall–Kier alpha value is -1.60. The van der Waals surface area contributed by atoms with Crippen LogP contribution in [0.3, 0.4) is 0 Å². The molecule has 1 aliphatic rings. The normalized spacial score (nSPS) is 16.0. The minimum absolute atomic E-state index is 0.00522. The summed E-state index contributed by atoms with van der Waals surface area (Å²) < 4.78 is 5.25. The fourth-order valence-corrected chi connectivity index (χ4v) is 3.70. The predicted octanol–water partition coefficient (Wildman–Crippen LogP) is 2.63. The summed E-state index contributed by atoms with van der Waals surface area (Å²) in [4.78, 5) is 17.4. The number of nitrogens with zero attached hydrogens (tertiary/aromatic N) is 1. The van der Waals surface area contributed by atoms with Gasteiger partial charge in [-0.25, -0.2) is 0 Å². The zero-order valence-corrected chi connectivity index (χ0v) is 16.8. The Morgan fingerprint density at radius 2 is 2.12 bits per heavy atom. The van der Waals surface area contributed by atoms with Gasteiger partial charge in [-0.3, -0.25) is 9.79 Å². The molecule has 7 heteroatoms. The molecule has 1 saturated carbocycles. The monoisotopic (exact) mass is 380 g/mol. The summed E-state index contributed by atoms with van der Waals surface area (Å²) in [6.07, 6.45) is 5.73. The summed E-state index contributed by atoms with van der Waals surface area (Å²) in [5.41, 5.74) is 0.326. The van der Waals surface area contributed by atoms with Crippen molar-refractivity contribution in [1.29, 1.82) is 0 Å². The van der Waals surface area contributed by atoms with Gasteiger partial charge >= 0.3 is 0 Å². The summed E-state index contributed by atoms with van der Waals surface area (Å²) in [6, 6.07) is 3.73. The Morgan fingerprint density at radius 3 is 2.73 bits per heavy atom. The summed E-state index contributed by atoms with van der Waals surface area (Å²) >= 11 is 1.46. The molecule has 0 spiro atoms. The van der Waals surface area contributed by atoms with Gasteiger partial charge in [0, 0.05) is 39.9 Å². The van der Waals surface area contributed by atoms with Crippen molar-refractivity contribution < 1.29 is 9.53 Å². The zero-order chi connectivity index (χ0) is 18.7. The lowest BCUT2D eigenvalue weighted by Crippen LogP contribution is -2.41. The van der Waals surface area contributed by atoms with Crippen molar-refractivity contribution >= 4 is 23.2 Å². The van der Waals surface area contributed by atoms with Crippen LogP contribution in [-0.2, 0) is 4.74 Å². The van der Waals surface area contributed by atoms with E-state index in [0.717, 1.165) is 49.9 Å². The molecule has 0 bridgehead atoms. The third kappa shape index (κ3) is 6.61. The van der Waals surface area contributed by atoms with Crippen molar-refractivity contribution in [2.24, 2.45) is 10.4 Å². The van der Waals surface area contributed by atoms with Gasteiger partial charge in [0.25, 0.3) is 5.91 Å². The molecule has 6 nitrogen and oxygen atoms in total. The SMILES string of the molecule is CCNC(=NCC1(CCOC)CCC1)NCCCNC(=O)c1cccs1. The van der Waals surface area contributed by atoms with Gasteiger partial charge in [-0.1, -0.05) is 12.5 Å². The third-order valence-electron chi connectivity index (χ3n) is 4.84. The smallest absolute Gasteiger partial charge is 0.261 e. The predicted molar refractivity (Wildman–Crippen MR) is 108 cm³/mol. The van der Waals surface area contributed by atoms with Gasteiger partial charge in [-0.2, -0.15) is 0 Å². The highest BCUT2D eigenvalue weighted by Gasteiger charge is 2.36. The summed E-state index contributed by atoms with van der Waals surface area (Å²) in [5, 5.41) is 11.5. The molecule has 0 aromatic carbocycles. The Kier molecular flexibility index (Phi) is 8.91. The van der Waals surface area contributed by atoms with E-state index in [9.17, 15) is 4.79 Å². The van der Waals surface area contributed by atoms with E-state index in [1.165, 1.54) is 30.6 Å². The number of methoxy groups -OCH3 is 1. The second kappa shape index (κ2) is 11.2. The van der Waals surface area contributed by atoms with E-state index in [4.69, 9.17) is 9.73 Å². The van der Waals surface area contributed by atoms with Gasteiger partial charge in [0.15, 0.2) is 5.96 Å².